The predicted molar refractivity (Wildman–Crippen MR) is 100 cm³/mol. The van der Waals surface area contributed by atoms with Crippen LogP contribution >= 0.6 is 0 Å². The molecule has 3 rings (SSSR count). The molecule has 138 valence electrons. The van der Waals surface area contributed by atoms with Crippen LogP contribution in [0.2, 0.25) is 0 Å². The van der Waals surface area contributed by atoms with Crippen molar-refractivity contribution in [3.8, 4) is 11.5 Å². The number of likely N-dealkylation sites (N-methyl/N-ethyl adjacent to an activating group) is 1. The van der Waals surface area contributed by atoms with Crippen LogP contribution in [0.15, 0.2) is 53.4 Å². The van der Waals surface area contributed by atoms with Crippen LogP contribution in [-0.4, -0.2) is 44.6 Å². The molecule has 1 unspecified atom stereocenters. The van der Waals surface area contributed by atoms with Gasteiger partial charge in [0.15, 0.2) is 9.84 Å². The third kappa shape index (κ3) is 3.83. The van der Waals surface area contributed by atoms with Gasteiger partial charge in [0.2, 0.25) is 5.91 Å². The van der Waals surface area contributed by atoms with Crippen molar-refractivity contribution in [2.24, 2.45) is 0 Å². The second-order valence-electron chi connectivity index (χ2n) is 6.22. The SMILES string of the molecule is CCS(=O)(=O)c1ccccc1Oc1ccc(NC2CCN(C)C2=O)cc1. The van der Waals surface area contributed by atoms with Crippen molar-refractivity contribution >= 4 is 21.4 Å². The highest BCUT2D eigenvalue weighted by molar-refractivity contribution is 7.91. The van der Waals surface area contributed by atoms with E-state index in [1.165, 1.54) is 0 Å². The molecule has 1 aliphatic heterocycles. The number of sulfone groups is 1. The summed E-state index contributed by atoms with van der Waals surface area (Å²) in [5.41, 5.74) is 0.820. The minimum atomic E-state index is -3.36. The summed E-state index contributed by atoms with van der Waals surface area (Å²) < 4.78 is 30.2. The molecule has 0 spiro atoms. The van der Waals surface area contributed by atoms with Gasteiger partial charge in [-0.25, -0.2) is 8.42 Å². The molecule has 1 fully saturated rings. The molecule has 2 aromatic rings. The van der Waals surface area contributed by atoms with Gasteiger partial charge in [-0.15, -0.1) is 0 Å². The highest BCUT2D eigenvalue weighted by Crippen LogP contribution is 2.30. The zero-order valence-corrected chi connectivity index (χ0v) is 15.6. The number of hydrogen-bond donors (Lipinski definition) is 1. The Morgan fingerprint density at radius 1 is 1.15 bits per heavy atom. The third-order valence-electron chi connectivity index (χ3n) is 4.41. The number of carbonyl (C=O) groups excluding carboxylic acids is 1. The van der Waals surface area contributed by atoms with Gasteiger partial charge in [-0.1, -0.05) is 19.1 Å². The number of benzene rings is 2. The number of nitrogens with one attached hydrogen (secondary N) is 1. The zero-order valence-electron chi connectivity index (χ0n) is 14.8. The average Bonchev–Trinajstić information content (AvgIpc) is 2.96. The number of nitrogens with zero attached hydrogens (tertiary/aromatic N) is 1. The molecule has 1 saturated heterocycles. The van der Waals surface area contributed by atoms with Gasteiger partial charge in [-0.3, -0.25) is 4.79 Å². The molecule has 26 heavy (non-hydrogen) atoms. The van der Waals surface area contributed by atoms with Crippen LogP contribution in [0.5, 0.6) is 11.5 Å². The third-order valence-corrected chi connectivity index (χ3v) is 6.18. The Bertz CT molecular complexity index is 894. The van der Waals surface area contributed by atoms with E-state index in [-0.39, 0.29) is 22.6 Å². The number of anilines is 1. The number of rotatable bonds is 6. The van der Waals surface area contributed by atoms with Crippen LogP contribution in [0.1, 0.15) is 13.3 Å². The monoisotopic (exact) mass is 374 g/mol. The van der Waals surface area contributed by atoms with E-state index in [4.69, 9.17) is 4.74 Å². The molecule has 0 saturated carbocycles. The Kier molecular flexibility index (Phi) is 5.18. The van der Waals surface area contributed by atoms with Crippen molar-refractivity contribution in [2.45, 2.75) is 24.3 Å². The topological polar surface area (TPSA) is 75.7 Å². The maximum Gasteiger partial charge on any atom is 0.244 e. The lowest BCUT2D eigenvalue weighted by atomic mass is 10.2. The van der Waals surface area contributed by atoms with Crippen LogP contribution in [-0.2, 0) is 14.6 Å². The Balaban J connectivity index is 1.74. The summed E-state index contributed by atoms with van der Waals surface area (Å²) in [5.74, 6) is 0.941. The fourth-order valence-electron chi connectivity index (χ4n) is 2.85. The first-order valence-corrected chi connectivity index (χ1v) is 10.2. The van der Waals surface area contributed by atoms with E-state index >= 15 is 0 Å². The Morgan fingerprint density at radius 2 is 1.85 bits per heavy atom. The van der Waals surface area contributed by atoms with Gasteiger partial charge >= 0.3 is 0 Å². The van der Waals surface area contributed by atoms with E-state index < -0.39 is 9.84 Å². The first-order valence-electron chi connectivity index (χ1n) is 8.52. The lowest BCUT2D eigenvalue weighted by Gasteiger charge is -2.14. The van der Waals surface area contributed by atoms with Crippen LogP contribution in [0.4, 0.5) is 5.69 Å². The van der Waals surface area contributed by atoms with Crippen LogP contribution in [0.3, 0.4) is 0 Å². The number of amides is 1. The Morgan fingerprint density at radius 3 is 2.46 bits per heavy atom. The molecule has 7 heteroatoms. The fourth-order valence-corrected chi connectivity index (χ4v) is 3.86. The largest absolute Gasteiger partial charge is 0.456 e. The molecular weight excluding hydrogens is 352 g/mol. The molecule has 0 aliphatic carbocycles. The molecule has 1 N–H and O–H groups in total. The lowest BCUT2D eigenvalue weighted by Crippen LogP contribution is -2.30. The first-order chi connectivity index (χ1) is 12.4. The van der Waals surface area contributed by atoms with Crippen molar-refractivity contribution in [2.75, 3.05) is 24.7 Å². The van der Waals surface area contributed by atoms with Crippen LogP contribution in [0.25, 0.3) is 0 Å². The molecular formula is C19H22N2O4S. The van der Waals surface area contributed by atoms with Crippen molar-refractivity contribution < 1.29 is 17.9 Å². The summed E-state index contributed by atoms with van der Waals surface area (Å²) in [4.78, 5) is 13.9. The smallest absolute Gasteiger partial charge is 0.244 e. The van der Waals surface area contributed by atoms with Gasteiger partial charge in [0.1, 0.15) is 22.4 Å². The van der Waals surface area contributed by atoms with Gasteiger partial charge < -0.3 is 15.0 Å². The van der Waals surface area contributed by atoms with E-state index in [9.17, 15) is 13.2 Å². The van der Waals surface area contributed by atoms with E-state index in [0.717, 1.165) is 18.7 Å². The van der Waals surface area contributed by atoms with E-state index in [1.54, 1.807) is 55.3 Å². The fraction of sp³-hybridized carbons (Fsp3) is 0.316. The second-order valence-corrected chi connectivity index (χ2v) is 8.47. The highest BCUT2D eigenvalue weighted by atomic mass is 32.2. The summed E-state index contributed by atoms with van der Waals surface area (Å²) >= 11 is 0. The molecule has 0 bridgehead atoms. The normalized spacial score (nSPS) is 17.4. The first kappa shape index (κ1) is 18.3. The summed E-state index contributed by atoms with van der Waals surface area (Å²) in [6.45, 7) is 2.36. The van der Waals surface area contributed by atoms with Gasteiger partial charge in [0.05, 0.1) is 5.75 Å². The van der Waals surface area contributed by atoms with Crippen molar-refractivity contribution in [1.82, 2.24) is 4.90 Å². The van der Waals surface area contributed by atoms with Gasteiger partial charge in [-0.05, 0) is 42.8 Å². The maximum atomic E-state index is 12.2. The molecule has 1 amide bonds. The number of hydrogen-bond acceptors (Lipinski definition) is 5. The van der Waals surface area contributed by atoms with E-state index in [1.807, 2.05) is 12.1 Å². The minimum absolute atomic E-state index is 0.0140. The van der Waals surface area contributed by atoms with Crippen molar-refractivity contribution in [3.63, 3.8) is 0 Å². The van der Waals surface area contributed by atoms with Crippen molar-refractivity contribution in [1.29, 1.82) is 0 Å². The second kappa shape index (κ2) is 7.37. The summed E-state index contributed by atoms with van der Waals surface area (Å²) in [5, 5.41) is 3.21. The predicted octanol–water partition coefficient (Wildman–Crippen LogP) is 2.92. The van der Waals surface area contributed by atoms with Gasteiger partial charge in [0.25, 0.3) is 0 Å². The molecule has 6 nitrogen and oxygen atoms in total. The summed E-state index contributed by atoms with van der Waals surface area (Å²) in [6, 6.07) is 13.5. The van der Waals surface area contributed by atoms with E-state index in [2.05, 4.69) is 5.32 Å². The summed E-state index contributed by atoms with van der Waals surface area (Å²) in [7, 11) is -1.57. The van der Waals surface area contributed by atoms with Crippen LogP contribution < -0.4 is 10.1 Å². The average molecular weight is 374 g/mol. The lowest BCUT2D eigenvalue weighted by molar-refractivity contribution is -0.127. The van der Waals surface area contributed by atoms with Gasteiger partial charge in [0, 0.05) is 19.3 Å². The molecule has 0 radical (unpaired) electrons. The minimum Gasteiger partial charge on any atom is -0.456 e. The van der Waals surface area contributed by atoms with Gasteiger partial charge in [-0.2, -0.15) is 0 Å². The number of para-hydroxylation sites is 1. The molecule has 1 aliphatic rings. The number of ether oxygens (including phenoxy) is 1. The van der Waals surface area contributed by atoms with E-state index in [0.29, 0.717) is 11.5 Å². The maximum absolute atomic E-state index is 12.2. The number of likely N-dealkylation sites (tertiary alicyclic amines) is 1. The molecule has 2 aromatic carbocycles. The summed E-state index contributed by atoms with van der Waals surface area (Å²) in [6.07, 6.45) is 0.774. The molecule has 0 aromatic heterocycles. The number of carbonyl (C=O) groups is 1. The zero-order chi connectivity index (χ0) is 18.7. The van der Waals surface area contributed by atoms with Crippen molar-refractivity contribution in [3.05, 3.63) is 48.5 Å². The molecule has 1 heterocycles. The standard InChI is InChI=1S/C19H22N2O4S/c1-3-26(23,24)18-7-5-4-6-17(18)25-15-10-8-14(9-11-15)20-16-12-13-21(2)19(16)22/h4-11,16,20H,3,12-13H2,1-2H3. The quantitative estimate of drug-likeness (QED) is 0.841. The Labute approximate surface area is 153 Å². The van der Waals surface area contributed by atoms with Crippen LogP contribution in [0, 0.1) is 0 Å². The highest BCUT2D eigenvalue weighted by Gasteiger charge is 2.28. The molecule has 1 atom stereocenters. The Hall–Kier alpha value is -2.54.